The van der Waals surface area contributed by atoms with Gasteiger partial charge in [-0.05, 0) is 28.9 Å². The molecule has 1 aliphatic rings. The van der Waals surface area contributed by atoms with Crippen molar-refractivity contribution in [3.05, 3.63) is 22.4 Å². The van der Waals surface area contributed by atoms with Crippen LogP contribution in [0.15, 0.2) is 16.8 Å². The predicted molar refractivity (Wildman–Crippen MR) is 74.7 cm³/mol. The molecule has 1 aromatic rings. The van der Waals surface area contributed by atoms with E-state index in [2.05, 4.69) is 28.6 Å². The summed E-state index contributed by atoms with van der Waals surface area (Å²) in [6, 6.07) is 2.61. The summed E-state index contributed by atoms with van der Waals surface area (Å²) in [5.41, 5.74) is 1.21. The first-order chi connectivity index (χ1) is 8.70. The van der Waals surface area contributed by atoms with Crippen molar-refractivity contribution in [3.63, 3.8) is 0 Å². The normalized spacial score (nSPS) is 15.7. The average Bonchev–Trinajstić information content (AvgIpc) is 2.78. The van der Waals surface area contributed by atoms with Gasteiger partial charge in [0.2, 0.25) is 5.91 Å². The van der Waals surface area contributed by atoms with Crippen molar-refractivity contribution >= 4 is 17.2 Å². The van der Waals surface area contributed by atoms with E-state index in [0.29, 0.717) is 19.1 Å². The van der Waals surface area contributed by atoms with Crippen LogP contribution in [0.1, 0.15) is 12.5 Å². The fraction of sp³-hybridized carbons (Fsp3) is 0.615. The molecule has 2 rings (SSSR count). The average molecular weight is 267 g/mol. The quantitative estimate of drug-likeness (QED) is 0.835. The minimum Gasteiger partial charge on any atom is -0.340 e. The first kappa shape index (κ1) is 13.5. The number of carbonyl (C=O) groups excluding carboxylic acids is 1. The van der Waals surface area contributed by atoms with Crippen LogP contribution in [0, 0.1) is 0 Å². The van der Waals surface area contributed by atoms with E-state index in [-0.39, 0.29) is 5.91 Å². The maximum Gasteiger partial charge on any atom is 0.236 e. The fourth-order valence-electron chi connectivity index (χ4n) is 2.07. The Morgan fingerprint density at radius 2 is 2.33 bits per heavy atom. The molecule has 1 N–H and O–H groups in total. The molecule has 2 heterocycles. The minimum atomic E-state index is 0.204. The number of nitrogens with one attached hydrogen (secondary N) is 1. The van der Waals surface area contributed by atoms with Gasteiger partial charge in [0.1, 0.15) is 0 Å². The second-order valence-corrected chi connectivity index (χ2v) is 5.54. The van der Waals surface area contributed by atoms with E-state index < -0.39 is 0 Å². The van der Waals surface area contributed by atoms with E-state index in [1.165, 1.54) is 5.56 Å². The highest BCUT2D eigenvalue weighted by Crippen LogP contribution is 2.10. The van der Waals surface area contributed by atoms with Crippen LogP contribution in [-0.4, -0.2) is 55.0 Å². The van der Waals surface area contributed by atoms with Crippen molar-refractivity contribution in [3.8, 4) is 0 Å². The molecule has 1 aliphatic heterocycles. The summed E-state index contributed by atoms with van der Waals surface area (Å²) in [4.78, 5) is 16.2. The molecule has 1 amide bonds. The Labute approximate surface area is 113 Å². The molecular formula is C13H21N3OS. The smallest absolute Gasteiger partial charge is 0.236 e. The van der Waals surface area contributed by atoms with E-state index in [4.69, 9.17) is 0 Å². The number of hydrogen-bond donors (Lipinski definition) is 1. The van der Waals surface area contributed by atoms with Crippen LogP contribution in [0.3, 0.4) is 0 Å². The van der Waals surface area contributed by atoms with Gasteiger partial charge in [0, 0.05) is 32.7 Å². The van der Waals surface area contributed by atoms with E-state index >= 15 is 0 Å². The van der Waals surface area contributed by atoms with Crippen molar-refractivity contribution in [2.45, 2.75) is 19.5 Å². The third-order valence-electron chi connectivity index (χ3n) is 3.45. The van der Waals surface area contributed by atoms with Crippen LogP contribution in [0.5, 0.6) is 0 Å². The molecule has 4 nitrogen and oxygen atoms in total. The number of carbonyl (C=O) groups is 1. The zero-order chi connectivity index (χ0) is 13.0. The van der Waals surface area contributed by atoms with Gasteiger partial charge in [0.05, 0.1) is 6.54 Å². The lowest BCUT2D eigenvalue weighted by Crippen LogP contribution is -2.58. The number of nitrogens with zero attached hydrogens (tertiary/aromatic N) is 2. The summed E-state index contributed by atoms with van der Waals surface area (Å²) in [5, 5.41) is 7.39. The lowest BCUT2D eigenvalue weighted by atomic mass is 10.1. The summed E-state index contributed by atoms with van der Waals surface area (Å²) in [6.45, 7) is 6.31. The SMILES string of the molecule is CCN(CC(=O)N(C)Cc1ccsc1)C1CNC1. The van der Waals surface area contributed by atoms with Crippen molar-refractivity contribution in [2.75, 3.05) is 33.2 Å². The van der Waals surface area contributed by atoms with Crippen molar-refractivity contribution in [1.29, 1.82) is 0 Å². The maximum atomic E-state index is 12.2. The van der Waals surface area contributed by atoms with Crippen LogP contribution in [0.4, 0.5) is 0 Å². The molecule has 100 valence electrons. The van der Waals surface area contributed by atoms with E-state index in [1.54, 1.807) is 11.3 Å². The standard InChI is InChI=1S/C13H21N3OS/c1-3-16(12-6-14-7-12)9-13(17)15(2)8-11-4-5-18-10-11/h4-5,10,12,14H,3,6-9H2,1-2H3. The monoisotopic (exact) mass is 267 g/mol. The molecule has 18 heavy (non-hydrogen) atoms. The maximum absolute atomic E-state index is 12.2. The highest BCUT2D eigenvalue weighted by molar-refractivity contribution is 7.07. The Balaban J connectivity index is 1.82. The summed E-state index contributed by atoms with van der Waals surface area (Å²) >= 11 is 1.67. The van der Waals surface area contributed by atoms with Crippen LogP contribution in [-0.2, 0) is 11.3 Å². The minimum absolute atomic E-state index is 0.204. The second-order valence-electron chi connectivity index (χ2n) is 4.76. The second kappa shape index (κ2) is 6.31. The number of rotatable bonds is 6. The van der Waals surface area contributed by atoms with E-state index in [1.807, 2.05) is 17.3 Å². The molecule has 0 saturated carbocycles. The van der Waals surface area contributed by atoms with Crippen molar-refractivity contribution < 1.29 is 4.79 Å². The van der Waals surface area contributed by atoms with Gasteiger partial charge in [-0.3, -0.25) is 9.69 Å². The van der Waals surface area contributed by atoms with Crippen LogP contribution < -0.4 is 5.32 Å². The largest absolute Gasteiger partial charge is 0.340 e. The Bertz CT molecular complexity index is 376. The van der Waals surface area contributed by atoms with Crippen LogP contribution in [0.25, 0.3) is 0 Å². The summed E-state index contributed by atoms with van der Waals surface area (Å²) in [5.74, 6) is 0.204. The van der Waals surface area contributed by atoms with Gasteiger partial charge < -0.3 is 10.2 Å². The highest BCUT2D eigenvalue weighted by atomic mass is 32.1. The van der Waals surface area contributed by atoms with Gasteiger partial charge in [-0.2, -0.15) is 11.3 Å². The van der Waals surface area contributed by atoms with E-state index in [0.717, 1.165) is 19.6 Å². The molecular weight excluding hydrogens is 246 g/mol. The van der Waals surface area contributed by atoms with Gasteiger partial charge in [-0.1, -0.05) is 6.92 Å². The number of hydrogen-bond acceptors (Lipinski definition) is 4. The van der Waals surface area contributed by atoms with Gasteiger partial charge in [-0.15, -0.1) is 0 Å². The summed E-state index contributed by atoms with van der Waals surface area (Å²) in [6.07, 6.45) is 0. The summed E-state index contributed by atoms with van der Waals surface area (Å²) in [7, 11) is 1.88. The fourth-order valence-corrected chi connectivity index (χ4v) is 2.73. The molecule has 1 aromatic heterocycles. The first-order valence-electron chi connectivity index (χ1n) is 6.40. The topological polar surface area (TPSA) is 35.6 Å². The lowest BCUT2D eigenvalue weighted by Gasteiger charge is -2.37. The van der Waals surface area contributed by atoms with Gasteiger partial charge in [0.15, 0.2) is 0 Å². The van der Waals surface area contributed by atoms with Crippen molar-refractivity contribution in [2.24, 2.45) is 0 Å². The first-order valence-corrected chi connectivity index (χ1v) is 7.34. The molecule has 0 aliphatic carbocycles. The van der Waals surface area contributed by atoms with Crippen LogP contribution >= 0.6 is 11.3 Å². The molecule has 1 saturated heterocycles. The third kappa shape index (κ3) is 3.31. The highest BCUT2D eigenvalue weighted by Gasteiger charge is 2.25. The Morgan fingerprint density at radius 3 is 2.83 bits per heavy atom. The third-order valence-corrected chi connectivity index (χ3v) is 4.18. The van der Waals surface area contributed by atoms with E-state index in [9.17, 15) is 4.79 Å². The van der Waals surface area contributed by atoms with Gasteiger partial charge in [-0.25, -0.2) is 0 Å². The molecule has 5 heteroatoms. The van der Waals surface area contributed by atoms with Crippen LogP contribution in [0.2, 0.25) is 0 Å². The molecule has 0 radical (unpaired) electrons. The Morgan fingerprint density at radius 1 is 1.56 bits per heavy atom. The predicted octanol–water partition coefficient (Wildman–Crippen LogP) is 1.00. The molecule has 1 fully saturated rings. The van der Waals surface area contributed by atoms with Gasteiger partial charge in [0.25, 0.3) is 0 Å². The molecule has 0 atom stereocenters. The zero-order valence-electron chi connectivity index (χ0n) is 11.1. The molecule has 0 aromatic carbocycles. The number of thiophene rings is 1. The molecule has 0 spiro atoms. The number of amides is 1. The number of likely N-dealkylation sites (N-methyl/N-ethyl adjacent to an activating group) is 2. The summed E-state index contributed by atoms with van der Waals surface area (Å²) < 4.78 is 0. The molecule has 0 bridgehead atoms. The zero-order valence-corrected chi connectivity index (χ0v) is 11.9. The van der Waals surface area contributed by atoms with Crippen molar-refractivity contribution in [1.82, 2.24) is 15.1 Å². The van der Waals surface area contributed by atoms with Gasteiger partial charge >= 0.3 is 0 Å². The lowest BCUT2D eigenvalue weighted by molar-refractivity contribution is -0.132. The Hall–Kier alpha value is -0.910. The molecule has 0 unspecified atom stereocenters. The Kier molecular flexibility index (Phi) is 4.74.